The lowest BCUT2D eigenvalue weighted by Crippen LogP contribution is -2.25. The maximum Gasteiger partial charge on any atom is 0.261 e. The molecule has 1 aromatic heterocycles. The molecule has 1 heterocycles. The lowest BCUT2D eigenvalue weighted by atomic mass is 9.70. The van der Waals surface area contributed by atoms with Crippen LogP contribution in [0.2, 0.25) is 0 Å². The van der Waals surface area contributed by atoms with Gasteiger partial charge in [0.25, 0.3) is 10.0 Å². The summed E-state index contributed by atoms with van der Waals surface area (Å²) in [7, 11) is -3.71. The average molecular weight is 437 g/mol. The summed E-state index contributed by atoms with van der Waals surface area (Å²) < 4.78 is 42.0. The van der Waals surface area contributed by atoms with Gasteiger partial charge in [-0.3, -0.25) is 4.72 Å². The van der Waals surface area contributed by atoms with Crippen molar-refractivity contribution >= 4 is 26.6 Å². The first kappa shape index (κ1) is 21.1. The molecule has 0 fully saturated rings. The zero-order valence-electron chi connectivity index (χ0n) is 17.5. The molecule has 4 rings (SSSR count). The van der Waals surface area contributed by atoms with E-state index >= 15 is 0 Å². The number of benzene rings is 3. The quantitative estimate of drug-likeness (QED) is 0.362. The van der Waals surface area contributed by atoms with Crippen molar-refractivity contribution < 1.29 is 12.8 Å². The fourth-order valence-electron chi connectivity index (χ4n) is 4.40. The summed E-state index contributed by atoms with van der Waals surface area (Å²) in [6.07, 6.45) is 3.59. The first-order valence-corrected chi connectivity index (χ1v) is 11.8. The highest BCUT2D eigenvalue weighted by molar-refractivity contribution is 7.92. The Morgan fingerprint density at radius 3 is 2.23 bits per heavy atom. The van der Waals surface area contributed by atoms with Crippen LogP contribution in [0.5, 0.6) is 0 Å². The molecule has 0 spiro atoms. The van der Waals surface area contributed by atoms with Crippen LogP contribution in [0, 0.1) is 5.82 Å². The summed E-state index contributed by atoms with van der Waals surface area (Å²) in [6.45, 7) is 4.24. The Morgan fingerprint density at radius 2 is 1.58 bits per heavy atom. The third-order valence-corrected chi connectivity index (χ3v) is 7.51. The number of fused-ring (bicyclic) bond motifs is 1. The predicted octanol–water partition coefficient (Wildman–Crippen LogP) is 6.21. The van der Waals surface area contributed by atoms with E-state index in [1.807, 2.05) is 30.5 Å². The summed E-state index contributed by atoms with van der Waals surface area (Å²) in [5, 5.41) is 0.946. The maximum atomic E-state index is 13.6. The van der Waals surface area contributed by atoms with E-state index < -0.39 is 10.0 Å². The standard InChI is InChI=1S/C25H25FN2O2S/c1-3-25(4-2,18-13-15-19(26)16-14-18)22-17-27-24-21(22)11-8-12-23(24)28-31(29,30)20-9-6-5-7-10-20/h5-17,27-28H,3-4H2,1-2H3. The second-order valence-electron chi connectivity index (χ2n) is 7.65. The van der Waals surface area contributed by atoms with Gasteiger partial charge in [0.15, 0.2) is 0 Å². The van der Waals surface area contributed by atoms with Crippen LogP contribution < -0.4 is 4.72 Å². The third-order valence-electron chi connectivity index (χ3n) is 6.13. The fourth-order valence-corrected chi connectivity index (χ4v) is 5.50. The zero-order valence-corrected chi connectivity index (χ0v) is 18.3. The molecule has 2 N–H and O–H groups in total. The number of rotatable bonds is 7. The van der Waals surface area contributed by atoms with Crippen molar-refractivity contribution in [2.75, 3.05) is 4.72 Å². The van der Waals surface area contributed by atoms with Crippen LogP contribution in [0.25, 0.3) is 10.9 Å². The number of H-pyrrole nitrogens is 1. The number of nitrogens with one attached hydrogen (secondary N) is 2. The molecule has 4 nitrogen and oxygen atoms in total. The zero-order chi connectivity index (χ0) is 22.1. The number of aromatic nitrogens is 1. The van der Waals surface area contributed by atoms with Gasteiger partial charge in [-0.05, 0) is 54.3 Å². The van der Waals surface area contributed by atoms with Gasteiger partial charge in [0.1, 0.15) is 5.82 Å². The van der Waals surface area contributed by atoms with Crippen molar-refractivity contribution in [1.82, 2.24) is 4.98 Å². The van der Waals surface area contributed by atoms with Gasteiger partial charge in [-0.1, -0.05) is 56.3 Å². The Bertz CT molecular complexity index is 1290. The number of aromatic amines is 1. The molecule has 0 aliphatic carbocycles. The summed E-state index contributed by atoms with van der Waals surface area (Å²) >= 11 is 0. The van der Waals surface area contributed by atoms with Crippen molar-refractivity contribution in [1.29, 1.82) is 0 Å². The van der Waals surface area contributed by atoms with Gasteiger partial charge in [-0.2, -0.15) is 0 Å². The molecule has 0 aliphatic heterocycles. The van der Waals surface area contributed by atoms with Crippen molar-refractivity contribution in [2.24, 2.45) is 0 Å². The van der Waals surface area contributed by atoms with Gasteiger partial charge in [-0.15, -0.1) is 0 Å². The second-order valence-corrected chi connectivity index (χ2v) is 9.33. The van der Waals surface area contributed by atoms with Gasteiger partial charge in [-0.25, -0.2) is 12.8 Å². The van der Waals surface area contributed by atoms with Crippen LogP contribution in [0.15, 0.2) is 83.9 Å². The number of anilines is 1. The van der Waals surface area contributed by atoms with Gasteiger partial charge in [0.2, 0.25) is 0 Å². The second kappa shape index (κ2) is 8.19. The fraction of sp³-hybridized carbons (Fsp3) is 0.200. The number of hydrogen-bond acceptors (Lipinski definition) is 2. The molecular weight excluding hydrogens is 411 g/mol. The van der Waals surface area contributed by atoms with Crippen molar-refractivity contribution in [3.05, 3.63) is 95.9 Å². The highest BCUT2D eigenvalue weighted by Crippen LogP contribution is 2.43. The summed E-state index contributed by atoms with van der Waals surface area (Å²) in [6, 6.07) is 20.5. The van der Waals surface area contributed by atoms with Crippen molar-refractivity contribution in [3.63, 3.8) is 0 Å². The molecule has 0 unspecified atom stereocenters. The Morgan fingerprint density at radius 1 is 0.903 bits per heavy atom. The first-order valence-electron chi connectivity index (χ1n) is 10.4. The average Bonchev–Trinajstić information content (AvgIpc) is 3.22. The lowest BCUT2D eigenvalue weighted by Gasteiger charge is -2.32. The molecule has 4 aromatic rings. The van der Waals surface area contributed by atoms with Crippen LogP contribution >= 0.6 is 0 Å². The van der Waals surface area contributed by atoms with E-state index in [0.717, 1.165) is 34.9 Å². The van der Waals surface area contributed by atoms with Gasteiger partial charge < -0.3 is 4.98 Å². The van der Waals surface area contributed by atoms with Crippen LogP contribution in [0.3, 0.4) is 0 Å². The Hall–Kier alpha value is -3.12. The molecule has 0 bridgehead atoms. The molecule has 0 saturated heterocycles. The smallest absolute Gasteiger partial charge is 0.261 e. The molecule has 0 saturated carbocycles. The number of sulfonamides is 1. The molecule has 6 heteroatoms. The first-order chi connectivity index (χ1) is 14.9. The predicted molar refractivity (Wildman–Crippen MR) is 123 cm³/mol. The van der Waals surface area contributed by atoms with E-state index in [9.17, 15) is 12.8 Å². The number of hydrogen-bond donors (Lipinski definition) is 2. The van der Waals surface area contributed by atoms with E-state index in [1.165, 1.54) is 12.1 Å². The van der Waals surface area contributed by atoms with E-state index in [2.05, 4.69) is 23.6 Å². The monoisotopic (exact) mass is 436 g/mol. The van der Waals surface area contributed by atoms with E-state index in [0.29, 0.717) is 5.69 Å². The lowest BCUT2D eigenvalue weighted by molar-refractivity contribution is 0.481. The minimum atomic E-state index is -3.71. The molecule has 160 valence electrons. The van der Waals surface area contributed by atoms with E-state index in [1.54, 1.807) is 36.4 Å². The molecule has 31 heavy (non-hydrogen) atoms. The van der Waals surface area contributed by atoms with Crippen LogP contribution in [-0.4, -0.2) is 13.4 Å². The van der Waals surface area contributed by atoms with E-state index in [-0.39, 0.29) is 16.1 Å². The molecule has 0 atom stereocenters. The van der Waals surface area contributed by atoms with Crippen LogP contribution in [0.1, 0.15) is 37.8 Å². The largest absolute Gasteiger partial charge is 0.359 e. The Labute approximate surface area is 182 Å². The maximum absolute atomic E-state index is 13.6. The van der Waals surface area contributed by atoms with E-state index in [4.69, 9.17) is 0 Å². The van der Waals surface area contributed by atoms with Gasteiger partial charge in [0.05, 0.1) is 16.1 Å². The SMILES string of the molecule is CCC(CC)(c1ccc(F)cc1)c1c[nH]c2c(NS(=O)(=O)c3ccccc3)cccc12. The van der Waals surface area contributed by atoms with Crippen molar-refractivity contribution in [3.8, 4) is 0 Å². The summed E-state index contributed by atoms with van der Waals surface area (Å²) in [4.78, 5) is 3.49. The molecular formula is C25H25FN2O2S. The van der Waals surface area contributed by atoms with Crippen LogP contribution in [-0.2, 0) is 15.4 Å². The molecule has 0 aliphatic rings. The Kier molecular flexibility index (Phi) is 5.58. The molecule has 3 aromatic carbocycles. The Balaban J connectivity index is 1.82. The number of halogens is 1. The molecule has 0 amide bonds. The summed E-state index contributed by atoms with van der Waals surface area (Å²) in [5.41, 5.74) is 3.01. The minimum Gasteiger partial charge on any atom is -0.359 e. The highest BCUT2D eigenvalue weighted by Gasteiger charge is 2.33. The normalized spacial score (nSPS) is 12.2. The number of para-hydroxylation sites is 1. The minimum absolute atomic E-state index is 0.210. The highest BCUT2D eigenvalue weighted by atomic mass is 32.2. The summed E-state index contributed by atoms with van der Waals surface area (Å²) in [5.74, 6) is -0.263. The van der Waals surface area contributed by atoms with Crippen LogP contribution in [0.4, 0.5) is 10.1 Å². The topological polar surface area (TPSA) is 62.0 Å². The van der Waals surface area contributed by atoms with Crippen molar-refractivity contribution in [2.45, 2.75) is 37.0 Å². The van der Waals surface area contributed by atoms with Gasteiger partial charge in [0, 0.05) is 17.0 Å². The third kappa shape index (κ3) is 3.72. The molecule has 0 radical (unpaired) electrons. The van der Waals surface area contributed by atoms with Gasteiger partial charge >= 0.3 is 0 Å².